The van der Waals surface area contributed by atoms with Crippen molar-refractivity contribution in [3.8, 4) is 34.5 Å². The van der Waals surface area contributed by atoms with Crippen molar-refractivity contribution in [2.24, 2.45) is 0 Å². The molecule has 0 amide bonds. The summed E-state index contributed by atoms with van der Waals surface area (Å²) in [6.45, 7) is 3.63. The lowest BCUT2D eigenvalue weighted by molar-refractivity contribution is 0.0438. The summed E-state index contributed by atoms with van der Waals surface area (Å²) >= 11 is 0. The monoisotopic (exact) mass is 465 g/mol. The molecule has 3 heterocycles. The standard InChI is InChI=1S/C23H23N5O6/c1-13-8-14(2)28(27-13)19-7-6-15(11-24-19)23(29)33-12-20-25-26-22(34-20)16-9-17(30-3)21(32-5)18(10-16)31-4/h6-11H,12H2,1-5H3. The third-order valence-corrected chi connectivity index (χ3v) is 4.92. The zero-order valence-electron chi connectivity index (χ0n) is 19.4. The number of ether oxygens (including phenoxy) is 4. The Morgan fingerprint density at radius 2 is 1.74 bits per heavy atom. The Kier molecular flexibility index (Phi) is 6.44. The van der Waals surface area contributed by atoms with Crippen molar-refractivity contribution in [1.29, 1.82) is 0 Å². The van der Waals surface area contributed by atoms with E-state index < -0.39 is 5.97 Å². The van der Waals surface area contributed by atoms with Crippen LogP contribution in [0.1, 0.15) is 27.6 Å². The number of carbonyl (C=O) groups is 1. The summed E-state index contributed by atoms with van der Waals surface area (Å²) in [5.41, 5.74) is 2.67. The van der Waals surface area contributed by atoms with Gasteiger partial charge < -0.3 is 23.4 Å². The molecule has 1 aromatic carbocycles. The molecule has 0 N–H and O–H groups in total. The first-order valence-electron chi connectivity index (χ1n) is 10.2. The van der Waals surface area contributed by atoms with Crippen LogP contribution >= 0.6 is 0 Å². The van der Waals surface area contributed by atoms with Gasteiger partial charge in [0.25, 0.3) is 5.89 Å². The van der Waals surface area contributed by atoms with Crippen molar-refractivity contribution >= 4 is 5.97 Å². The van der Waals surface area contributed by atoms with Gasteiger partial charge in [-0.25, -0.2) is 14.5 Å². The summed E-state index contributed by atoms with van der Waals surface area (Å²) < 4.78 is 28.6. The molecule has 0 spiro atoms. The summed E-state index contributed by atoms with van der Waals surface area (Å²) in [5.74, 6) is 1.71. The Morgan fingerprint density at radius 3 is 2.29 bits per heavy atom. The van der Waals surface area contributed by atoms with Crippen LogP contribution in [0.5, 0.6) is 17.2 Å². The Balaban J connectivity index is 1.44. The minimum Gasteiger partial charge on any atom is -0.493 e. The SMILES string of the molecule is COc1cc(-c2nnc(COC(=O)c3ccc(-n4nc(C)cc4C)nc3)o2)cc(OC)c1OC. The highest BCUT2D eigenvalue weighted by atomic mass is 16.5. The number of esters is 1. The van der Waals surface area contributed by atoms with Crippen LogP contribution in [0.4, 0.5) is 0 Å². The lowest BCUT2D eigenvalue weighted by Crippen LogP contribution is -2.08. The van der Waals surface area contributed by atoms with Gasteiger partial charge in [-0.2, -0.15) is 5.10 Å². The van der Waals surface area contributed by atoms with Gasteiger partial charge in [-0.05, 0) is 44.2 Å². The normalized spacial score (nSPS) is 10.7. The Bertz CT molecular complexity index is 1290. The van der Waals surface area contributed by atoms with Crippen molar-refractivity contribution in [2.75, 3.05) is 21.3 Å². The van der Waals surface area contributed by atoms with E-state index in [1.807, 2.05) is 19.9 Å². The second-order valence-electron chi connectivity index (χ2n) is 7.24. The van der Waals surface area contributed by atoms with Crippen LogP contribution in [0.25, 0.3) is 17.3 Å². The van der Waals surface area contributed by atoms with Gasteiger partial charge in [0.2, 0.25) is 11.6 Å². The molecular formula is C23H23N5O6. The summed E-state index contributed by atoms with van der Waals surface area (Å²) in [7, 11) is 4.54. The van der Waals surface area contributed by atoms with E-state index in [0.717, 1.165) is 11.4 Å². The van der Waals surface area contributed by atoms with Crippen LogP contribution in [-0.4, -0.2) is 52.3 Å². The van der Waals surface area contributed by atoms with Crippen molar-refractivity contribution in [3.63, 3.8) is 0 Å². The number of hydrogen-bond acceptors (Lipinski definition) is 10. The molecule has 0 bridgehead atoms. The van der Waals surface area contributed by atoms with Crippen LogP contribution < -0.4 is 14.2 Å². The van der Waals surface area contributed by atoms with Gasteiger partial charge in [-0.15, -0.1) is 10.2 Å². The molecule has 0 atom stereocenters. The van der Waals surface area contributed by atoms with E-state index in [-0.39, 0.29) is 24.0 Å². The maximum atomic E-state index is 12.4. The highest BCUT2D eigenvalue weighted by Crippen LogP contribution is 2.40. The number of aryl methyl sites for hydroxylation is 2. The second-order valence-corrected chi connectivity index (χ2v) is 7.24. The van der Waals surface area contributed by atoms with Gasteiger partial charge in [0.1, 0.15) is 0 Å². The number of rotatable bonds is 8. The van der Waals surface area contributed by atoms with Crippen LogP contribution in [0.15, 0.2) is 40.9 Å². The van der Waals surface area contributed by atoms with E-state index >= 15 is 0 Å². The molecule has 0 aliphatic rings. The first-order chi connectivity index (χ1) is 16.4. The third-order valence-electron chi connectivity index (χ3n) is 4.92. The number of pyridine rings is 1. The zero-order chi connectivity index (χ0) is 24.2. The Hall–Kier alpha value is -4.41. The fourth-order valence-electron chi connectivity index (χ4n) is 3.34. The zero-order valence-corrected chi connectivity index (χ0v) is 19.4. The van der Waals surface area contributed by atoms with Crippen molar-refractivity contribution < 1.29 is 28.2 Å². The third kappa shape index (κ3) is 4.53. The highest BCUT2D eigenvalue weighted by molar-refractivity contribution is 5.89. The Morgan fingerprint density at radius 1 is 1.00 bits per heavy atom. The van der Waals surface area contributed by atoms with Gasteiger partial charge in [-0.3, -0.25) is 0 Å². The lowest BCUT2D eigenvalue weighted by Gasteiger charge is -2.12. The van der Waals surface area contributed by atoms with Crippen LogP contribution in [-0.2, 0) is 11.3 Å². The molecule has 4 rings (SSSR count). The fourth-order valence-corrected chi connectivity index (χ4v) is 3.34. The number of aromatic nitrogens is 5. The molecule has 176 valence electrons. The minimum absolute atomic E-state index is 0.129. The number of nitrogens with zero attached hydrogens (tertiary/aromatic N) is 5. The van der Waals surface area contributed by atoms with Crippen molar-refractivity contribution in [1.82, 2.24) is 25.0 Å². The molecule has 3 aromatic heterocycles. The molecule has 0 aliphatic heterocycles. The van der Waals surface area contributed by atoms with Gasteiger partial charge in [0.05, 0.1) is 32.6 Å². The molecule has 0 saturated heterocycles. The second kappa shape index (κ2) is 9.61. The number of carbonyl (C=O) groups excluding carboxylic acids is 1. The van der Waals surface area contributed by atoms with E-state index in [0.29, 0.717) is 28.6 Å². The van der Waals surface area contributed by atoms with E-state index in [2.05, 4.69) is 20.3 Å². The molecule has 0 unspecified atom stereocenters. The number of benzene rings is 1. The van der Waals surface area contributed by atoms with E-state index in [1.54, 1.807) is 28.9 Å². The molecule has 0 aliphatic carbocycles. The topological polar surface area (TPSA) is 124 Å². The Labute approximate surface area is 195 Å². The highest BCUT2D eigenvalue weighted by Gasteiger charge is 2.18. The predicted molar refractivity (Wildman–Crippen MR) is 119 cm³/mol. The molecule has 34 heavy (non-hydrogen) atoms. The molecule has 4 aromatic rings. The fraction of sp³-hybridized carbons (Fsp3) is 0.261. The van der Waals surface area contributed by atoms with Gasteiger partial charge >= 0.3 is 5.97 Å². The van der Waals surface area contributed by atoms with Crippen LogP contribution in [0, 0.1) is 13.8 Å². The molecule has 0 saturated carbocycles. The summed E-state index contributed by atoms with van der Waals surface area (Å²) in [4.78, 5) is 16.7. The summed E-state index contributed by atoms with van der Waals surface area (Å²) in [6, 6.07) is 8.63. The smallest absolute Gasteiger partial charge is 0.340 e. The van der Waals surface area contributed by atoms with Crippen molar-refractivity contribution in [2.45, 2.75) is 20.5 Å². The van der Waals surface area contributed by atoms with E-state index in [4.69, 9.17) is 23.4 Å². The van der Waals surface area contributed by atoms with Gasteiger partial charge in [0, 0.05) is 17.5 Å². The summed E-state index contributed by atoms with van der Waals surface area (Å²) in [6.07, 6.45) is 1.43. The summed E-state index contributed by atoms with van der Waals surface area (Å²) in [5, 5.41) is 12.3. The van der Waals surface area contributed by atoms with Crippen molar-refractivity contribution in [3.05, 3.63) is 59.4 Å². The maximum absolute atomic E-state index is 12.4. The lowest BCUT2D eigenvalue weighted by atomic mass is 10.2. The average Bonchev–Trinajstić information content (AvgIpc) is 3.47. The molecular weight excluding hydrogens is 442 g/mol. The predicted octanol–water partition coefficient (Wildman–Crippen LogP) is 3.32. The minimum atomic E-state index is -0.569. The first kappa shape index (κ1) is 22.8. The van der Waals surface area contributed by atoms with Gasteiger partial charge in [-0.1, -0.05) is 0 Å². The van der Waals surface area contributed by atoms with Crippen LogP contribution in [0.3, 0.4) is 0 Å². The molecule has 11 nitrogen and oxygen atoms in total. The molecule has 11 heteroatoms. The molecule has 0 radical (unpaired) electrons. The van der Waals surface area contributed by atoms with E-state index in [1.165, 1.54) is 27.5 Å². The first-order valence-corrected chi connectivity index (χ1v) is 10.2. The van der Waals surface area contributed by atoms with E-state index in [9.17, 15) is 4.79 Å². The van der Waals surface area contributed by atoms with Gasteiger partial charge in [0.15, 0.2) is 23.9 Å². The number of methoxy groups -OCH3 is 3. The largest absolute Gasteiger partial charge is 0.493 e. The average molecular weight is 465 g/mol. The number of hydrogen-bond donors (Lipinski definition) is 0. The maximum Gasteiger partial charge on any atom is 0.340 e. The van der Waals surface area contributed by atoms with Crippen LogP contribution in [0.2, 0.25) is 0 Å². The quantitative estimate of drug-likeness (QED) is 0.358. The molecule has 0 fully saturated rings.